The third-order valence-corrected chi connectivity index (χ3v) is 16.5. The summed E-state index contributed by atoms with van der Waals surface area (Å²) < 4.78 is 18.3. The predicted molar refractivity (Wildman–Crippen MR) is 341 cm³/mol. The van der Waals surface area contributed by atoms with Gasteiger partial charge in [0.05, 0.1) is 19.8 Å². The fourth-order valence-corrected chi connectivity index (χ4v) is 11.3. The summed E-state index contributed by atoms with van der Waals surface area (Å²) >= 11 is 0. The number of ether oxygens (including phenoxy) is 3. The molecule has 4 rings (SSSR count). The Hall–Kier alpha value is -4.53. The van der Waals surface area contributed by atoms with E-state index in [1.165, 1.54) is 212 Å². The number of nitrogens with zero attached hydrogens (tertiary/aromatic N) is 3. The van der Waals surface area contributed by atoms with Crippen LogP contribution >= 0.6 is 0 Å². The van der Waals surface area contributed by atoms with Crippen molar-refractivity contribution < 1.29 is 28.6 Å². The summed E-state index contributed by atoms with van der Waals surface area (Å²) in [5, 5.41) is 0. The molecule has 0 atom stereocenters. The smallest absolute Gasteiger partial charge is 0.253 e. The van der Waals surface area contributed by atoms with Crippen LogP contribution in [0, 0.1) is 0 Å². The molecule has 1 aliphatic rings. The fourth-order valence-electron chi connectivity index (χ4n) is 11.3. The zero-order valence-electron chi connectivity index (χ0n) is 52.2. The molecule has 3 amide bonds. The second kappa shape index (κ2) is 46.9. The first-order valence-electron chi connectivity index (χ1n) is 34.0. The van der Waals surface area contributed by atoms with Crippen molar-refractivity contribution in [2.45, 2.75) is 271 Å². The van der Waals surface area contributed by atoms with E-state index in [2.05, 4.69) is 20.8 Å². The number of carbonyl (C=O) groups excluding carboxylic acids is 3. The number of hydrogen-bond donors (Lipinski definition) is 0. The Morgan fingerprint density at radius 3 is 0.630 bits per heavy atom. The molecule has 3 aromatic carbocycles. The molecule has 456 valence electrons. The number of carbonyl (C=O) groups is 3. The molecule has 81 heavy (non-hydrogen) atoms. The highest BCUT2D eigenvalue weighted by atomic mass is 16.5. The van der Waals surface area contributed by atoms with Crippen molar-refractivity contribution in [1.29, 1.82) is 0 Å². The van der Waals surface area contributed by atoms with Gasteiger partial charge >= 0.3 is 0 Å². The highest BCUT2D eigenvalue weighted by molar-refractivity contribution is 5.95. The second-order valence-corrected chi connectivity index (χ2v) is 23.7. The number of rotatable bonds is 45. The predicted octanol–water partition coefficient (Wildman–Crippen LogP) is 19.8. The van der Waals surface area contributed by atoms with E-state index >= 15 is 0 Å². The van der Waals surface area contributed by atoms with E-state index < -0.39 is 0 Å². The molecule has 1 fully saturated rings. The largest absolute Gasteiger partial charge is 0.494 e. The van der Waals surface area contributed by atoms with E-state index in [0.717, 1.165) is 36.5 Å². The molecule has 0 N–H and O–H groups in total. The van der Waals surface area contributed by atoms with Crippen LogP contribution in [0.25, 0.3) is 0 Å². The van der Waals surface area contributed by atoms with Gasteiger partial charge in [-0.2, -0.15) is 0 Å². The van der Waals surface area contributed by atoms with Gasteiger partial charge in [-0.3, -0.25) is 14.4 Å². The van der Waals surface area contributed by atoms with Crippen LogP contribution in [0.5, 0.6) is 17.2 Å². The van der Waals surface area contributed by atoms with Gasteiger partial charge in [0.15, 0.2) is 0 Å². The first-order valence-corrected chi connectivity index (χ1v) is 34.0. The van der Waals surface area contributed by atoms with Crippen LogP contribution in [0.4, 0.5) is 0 Å². The summed E-state index contributed by atoms with van der Waals surface area (Å²) in [6.45, 7) is 11.9. The summed E-state index contributed by atoms with van der Waals surface area (Å²) in [4.78, 5) is 48.5. The number of unbranched alkanes of at least 4 members (excludes halogenated alkanes) is 33. The van der Waals surface area contributed by atoms with Gasteiger partial charge in [0.25, 0.3) is 17.7 Å². The standard InChI is InChI=1S/C72H117N3O6/c1-4-7-10-13-16-19-22-25-28-31-34-37-61-79-67-49-43-64(44-50-67)70(76)73-55-40-57-74(71(77)65-45-51-68(52-46-65)80-62-38-35-32-29-26-23-20-17-14-11-8-5-2)59-42-60-75(58-41-56-73)72(78)66-47-53-69(54-48-66)81-63-39-36-33-30-27-24-21-18-15-12-9-6-3/h43-54H,4-42,55-63H2,1-3H3. The van der Waals surface area contributed by atoms with Gasteiger partial charge in [0.2, 0.25) is 0 Å². The molecule has 1 aliphatic heterocycles. The lowest BCUT2D eigenvalue weighted by molar-refractivity contribution is 0.0666. The molecule has 0 aromatic heterocycles. The SMILES string of the molecule is CCCCCCCCCCCCCCOc1ccc(C(=O)N2CCCN(C(=O)c3ccc(OCCCCCCCCCCCCCC)cc3)CCCN(C(=O)c3ccc(OCCCCCCCCCCCCCC)cc3)CCC2)cc1. The van der Waals surface area contributed by atoms with E-state index in [1.54, 1.807) is 0 Å². The zero-order chi connectivity index (χ0) is 57.5. The monoisotopic (exact) mass is 1120 g/mol. The molecule has 9 nitrogen and oxygen atoms in total. The summed E-state index contributed by atoms with van der Waals surface area (Å²) in [6, 6.07) is 22.7. The van der Waals surface area contributed by atoms with Crippen LogP contribution in [0.15, 0.2) is 72.8 Å². The van der Waals surface area contributed by atoms with Crippen molar-refractivity contribution in [2.75, 3.05) is 59.1 Å². The molecule has 1 heterocycles. The Bertz CT molecular complexity index is 1750. The molecule has 3 aromatic rings. The van der Waals surface area contributed by atoms with Crippen LogP contribution in [-0.2, 0) is 0 Å². The molecular formula is C72H117N3O6. The third kappa shape index (κ3) is 32.2. The van der Waals surface area contributed by atoms with E-state index in [-0.39, 0.29) is 17.7 Å². The van der Waals surface area contributed by atoms with Crippen molar-refractivity contribution in [2.24, 2.45) is 0 Å². The van der Waals surface area contributed by atoms with Gasteiger partial charge in [-0.25, -0.2) is 0 Å². The summed E-state index contributed by atoms with van der Waals surface area (Å²) in [7, 11) is 0. The number of amides is 3. The first kappa shape index (κ1) is 69.0. The highest BCUT2D eigenvalue weighted by Gasteiger charge is 2.23. The minimum absolute atomic E-state index is 0.0477. The average molecular weight is 1120 g/mol. The van der Waals surface area contributed by atoms with Crippen molar-refractivity contribution in [1.82, 2.24) is 14.7 Å². The molecule has 0 bridgehead atoms. The zero-order valence-corrected chi connectivity index (χ0v) is 52.2. The third-order valence-electron chi connectivity index (χ3n) is 16.5. The van der Waals surface area contributed by atoms with Gasteiger partial charge in [-0.15, -0.1) is 0 Å². The number of hydrogen-bond acceptors (Lipinski definition) is 6. The number of benzene rings is 3. The van der Waals surface area contributed by atoms with Gasteiger partial charge in [-0.1, -0.05) is 233 Å². The molecule has 0 unspecified atom stereocenters. The highest BCUT2D eigenvalue weighted by Crippen LogP contribution is 2.22. The van der Waals surface area contributed by atoms with Crippen molar-refractivity contribution in [3.05, 3.63) is 89.5 Å². The van der Waals surface area contributed by atoms with Gasteiger partial charge in [0.1, 0.15) is 17.2 Å². The van der Waals surface area contributed by atoms with Crippen LogP contribution in [0.1, 0.15) is 302 Å². The normalized spacial score (nSPS) is 13.4. The van der Waals surface area contributed by atoms with Gasteiger partial charge < -0.3 is 28.9 Å². The molecule has 1 saturated heterocycles. The maximum Gasteiger partial charge on any atom is 0.253 e. The molecule has 9 heteroatoms. The Labute approximate surface area is 495 Å². The fraction of sp³-hybridized carbons (Fsp3) is 0.708. The lowest BCUT2D eigenvalue weighted by Crippen LogP contribution is -2.41. The molecule has 0 radical (unpaired) electrons. The average Bonchev–Trinajstić information content (AvgIpc) is 3.49. The minimum Gasteiger partial charge on any atom is -0.494 e. The minimum atomic E-state index is -0.0477. The van der Waals surface area contributed by atoms with Crippen molar-refractivity contribution in [3.8, 4) is 17.2 Å². The summed E-state index contributed by atoms with van der Waals surface area (Å²) in [5.74, 6) is 2.20. The Kier molecular flexibility index (Phi) is 39.9. The lowest BCUT2D eigenvalue weighted by Gasteiger charge is -2.30. The Morgan fingerprint density at radius 2 is 0.444 bits per heavy atom. The van der Waals surface area contributed by atoms with Crippen LogP contribution in [-0.4, -0.2) is 91.5 Å². The maximum absolute atomic E-state index is 14.3. The van der Waals surface area contributed by atoms with Gasteiger partial charge in [-0.05, 0) is 111 Å². The van der Waals surface area contributed by atoms with Crippen LogP contribution in [0.2, 0.25) is 0 Å². The van der Waals surface area contributed by atoms with Gasteiger partial charge in [0, 0.05) is 56.0 Å². The quantitative estimate of drug-likeness (QED) is 0.0524. The van der Waals surface area contributed by atoms with Crippen molar-refractivity contribution >= 4 is 17.7 Å². The summed E-state index contributed by atoms with van der Waals surface area (Å²) in [5.41, 5.74) is 1.84. The van der Waals surface area contributed by atoms with E-state index in [9.17, 15) is 14.4 Å². The molecule has 0 saturated carbocycles. The van der Waals surface area contributed by atoms with E-state index in [4.69, 9.17) is 14.2 Å². The topological polar surface area (TPSA) is 88.6 Å². The van der Waals surface area contributed by atoms with E-state index in [0.29, 0.717) is 95.0 Å². The second-order valence-electron chi connectivity index (χ2n) is 23.7. The molecule has 0 aliphatic carbocycles. The van der Waals surface area contributed by atoms with E-state index in [1.807, 2.05) is 87.5 Å². The maximum atomic E-state index is 14.3. The lowest BCUT2D eigenvalue weighted by atomic mass is 10.1. The van der Waals surface area contributed by atoms with Crippen LogP contribution in [0.3, 0.4) is 0 Å². The molecule has 0 spiro atoms. The summed E-state index contributed by atoms with van der Waals surface area (Å²) in [6.07, 6.45) is 49.0. The van der Waals surface area contributed by atoms with Crippen LogP contribution < -0.4 is 14.2 Å². The Morgan fingerprint density at radius 1 is 0.272 bits per heavy atom. The first-order chi connectivity index (χ1) is 39.9. The van der Waals surface area contributed by atoms with Crippen molar-refractivity contribution in [3.63, 3.8) is 0 Å². The Balaban J connectivity index is 1.28. The molecular weight excluding hydrogens is 1000 g/mol.